The minimum Gasteiger partial charge on any atom is -0.505 e. The highest BCUT2D eigenvalue weighted by atomic mass is 16.5. The molecular formula is C23H26N2O7. The number of ether oxygens (including phenoxy) is 3. The van der Waals surface area contributed by atoms with Gasteiger partial charge in [0.1, 0.15) is 17.1 Å². The number of nitrogens with one attached hydrogen (secondary N) is 1. The molecular weight excluding hydrogens is 416 g/mol. The molecule has 0 aromatic heterocycles. The average Bonchev–Trinajstić information content (AvgIpc) is 2.83. The van der Waals surface area contributed by atoms with E-state index in [0.717, 1.165) is 0 Å². The van der Waals surface area contributed by atoms with E-state index >= 15 is 0 Å². The number of hydrogen-bond donors (Lipinski definition) is 2. The van der Waals surface area contributed by atoms with Crippen LogP contribution in [0.1, 0.15) is 33.6 Å². The number of esters is 1. The Hall–Kier alpha value is -3.75. The van der Waals surface area contributed by atoms with Gasteiger partial charge in [-0.05, 0) is 37.1 Å². The number of benzene rings is 2. The maximum atomic E-state index is 12.9. The largest absolute Gasteiger partial charge is 0.505 e. The number of carbonyl (C=O) groups is 3. The standard InChI is InChI=1S/C23H26N2O7/c1-30-16-11-15(12-17(13-16)31-2)22(28)25-9-7-14(8-10-25)21(27)24-19-6-4-5-18(20(19)26)23(29)32-3/h4-6,11-14,26H,7-10H2,1-3H3,(H,24,27). The van der Waals surface area contributed by atoms with Crippen molar-refractivity contribution in [1.82, 2.24) is 4.90 Å². The molecule has 3 rings (SSSR count). The number of phenols is 1. The lowest BCUT2D eigenvalue weighted by Gasteiger charge is -2.31. The normalized spacial score (nSPS) is 13.9. The molecule has 0 atom stereocenters. The van der Waals surface area contributed by atoms with Crippen molar-refractivity contribution in [3.05, 3.63) is 47.5 Å². The van der Waals surface area contributed by atoms with E-state index in [1.165, 1.54) is 33.5 Å². The number of phenolic OH excluding ortho intramolecular Hbond substituents is 1. The number of nitrogens with zero attached hydrogens (tertiary/aromatic N) is 1. The molecule has 2 aromatic rings. The topological polar surface area (TPSA) is 114 Å². The fraction of sp³-hybridized carbons (Fsp3) is 0.348. The highest BCUT2D eigenvalue weighted by Crippen LogP contribution is 2.30. The van der Waals surface area contributed by atoms with Crippen LogP contribution in [0.5, 0.6) is 17.2 Å². The van der Waals surface area contributed by atoms with Crippen LogP contribution in [0.15, 0.2) is 36.4 Å². The Balaban J connectivity index is 1.63. The molecule has 1 heterocycles. The molecule has 1 saturated heterocycles. The molecule has 9 nitrogen and oxygen atoms in total. The van der Waals surface area contributed by atoms with Crippen molar-refractivity contribution in [2.75, 3.05) is 39.7 Å². The molecule has 9 heteroatoms. The van der Waals surface area contributed by atoms with E-state index < -0.39 is 5.97 Å². The van der Waals surface area contributed by atoms with Gasteiger partial charge in [-0.15, -0.1) is 0 Å². The first kappa shape index (κ1) is 22.9. The van der Waals surface area contributed by atoms with Gasteiger partial charge in [-0.25, -0.2) is 4.79 Å². The number of para-hydroxylation sites is 1. The Morgan fingerprint density at radius 3 is 2.19 bits per heavy atom. The van der Waals surface area contributed by atoms with Crippen molar-refractivity contribution in [1.29, 1.82) is 0 Å². The van der Waals surface area contributed by atoms with Gasteiger partial charge in [0, 0.05) is 30.6 Å². The molecule has 1 fully saturated rings. The van der Waals surface area contributed by atoms with Crippen LogP contribution in [0, 0.1) is 5.92 Å². The fourth-order valence-corrected chi connectivity index (χ4v) is 3.61. The molecule has 1 aliphatic rings. The van der Waals surface area contributed by atoms with Crippen LogP contribution >= 0.6 is 0 Å². The summed E-state index contributed by atoms with van der Waals surface area (Å²) in [5, 5.41) is 12.9. The van der Waals surface area contributed by atoms with Crippen LogP contribution in [0.4, 0.5) is 5.69 Å². The number of anilines is 1. The summed E-state index contributed by atoms with van der Waals surface area (Å²) in [5.74, 6) is -0.763. The Morgan fingerprint density at radius 2 is 1.62 bits per heavy atom. The van der Waals surface area contributed by atoms with Crippen LogP contribution in [-0.4, -0.2) is 62.2 Å². The monoisotopic (exact) mass is 442 g/mol. The van der Waals surface area contributed by atoms with Gasteiger partial charge in [0.25, 0.3) is 5.91 Å². The van der Waals surface area contributed by atoms with Gasteiger partial charge in [-0.1, -0.05) is 6.07 Å². The number of aromatic hydroxyl groups is 1. The van der Waals surface area contributed by atoms with Crippen LogP contribution in [-0.2, 0) is 9.53 Å². The summed E-state index contributed by atoms with van der Waals surface area (Å²) < 4.78 is 15.1. The zero-order chi connectivity index (χ0) is 23.3. The van der Waals surface area contributed by atoms with E-state index in [0.29, 0.717) is 43.0 Å². The number of rotatable bonds is 6. The first-order chi connectivity index (χ1) is 15.4. The third-order valence-corrected chi connectivity index (χ3v) is 5.45. The van der Waals surface area contributed by atoms with Gasteiger partial charge in [-0.3, -0.25) is 9.59 Å². The van der Waals surface area contributed by atoms with Crippen molar-refractivity contribution in [2.45, 2.75) is 12.8 Å². The van der Waals surface area contributed by atoms with E-state index in [9.17, 15) is 19.5 Å². The molecule has 170 valence electrons. The van der Waals surface area contributed by atoms with Crippen molar-refractivity contribution < 1.29 is 33.7 Å². The van der Waals surface area contributed by atoms with E-state index in [4.69, 9.17) is 9.47 Å². The van der Waals surface area contributed by atoms with Crippen molar-refractivity contribution in [3.8, 4) is 17.2 Å². The number of carbonyl (C=O) groups excluding carboxylic acids is 3. The Morgan fingerprint density at radius 1 is 1.00 bits per heavy atom. The number of methoxy groups -OCH3 is 3. The van der Waals surface area contributed by atoms with Crippen LogP contribution in [0.2, 0.25) is 0 Å². The summed E-state index contributed by atoms with van der Waals surface area (Å²) in [4.78, 5) is 39.0. The first-order valence-electron chi connectivity index (χ1n) is 10.1. The van der Waals surface area contributed by atoms with Gasteiger partial charge in [0.2, 0.25) is 5.91 Å². The molecule has 32 heavy (non-hydrogen) atoms. The SMILES string of the molecule is COC(=O)c1cccc(NC(=O)C2CCN(C(=O)c3cc(OC)cc(OC)c3)CC2)c1O. The molecule has 0 spiro atoms. The predicted octanol–water partition coefficient (Wildman–Crippen LogP) is 2.69. The van der Waals surface area contributed by atoms with E-state index in [1.807, 2.05) is 0 Å². The minimum atomic E-state index is -0.695. The molecule has 0 radical (unpaired) electrons. The van der Waals surface area contributed by atoms with Crippen molar-refractivity contribution in [3.63, 3.8) is 0 Å². The molecule has 0 aliphatic carbocycles. The highest BCUT2D eigenvalue weighted by Gasteiger charge is 2.29. The average molecular weight is 442 g/mol. The summed E-state index contributed by atoms with van der Waals surface area (Å²) >= 11 is 0. The number of likely N-dealkylation sites (tertiary alicyclic amines) is 1. The second-order valence-electron chi connectivity index (χ2n) is 7.35. The Labute approximate surface area is 185 Å². The van der Waals surface area contributed by atoms with Crippen LogP contribution in [0.3, 0.4) is 0 Å². The van der Waals surface area contributed by atoms with Gasteiger partial charge in [0.15, 0.2) is 5.75 Å². The summed E-state index contributed by atoms with van der Waals surface area (Å²) in [6.07, 6.45) is 0.937. The third-order valence-electron chi connectivity index (χ3n) is 5.45. The summed E-state index contributed by atoms with van der Waals surface area (Å²) in [6, 6.07) is 9.47. The van der Waals surface area contributed by atoms with Crippen LogP contribution in [0.25, 0.3) is 0 Å². The third kappa shape index (κ3) is 4.93. The number of hydrogen-bond acceptors (Lipinski definition) is 7. The second-order valence-corrected chi connectivity index (χ2v) is 7.35. The second kappa shape index (κ2) is 10.0. The van der Waals surface area contributed by atoms with Crippen molar-refractivity contribution in [2.24, 2.45) is 5.92 Å². The lowest BCUT2D eigenvalue weighted by Crippen LogP contribution is -2.41. The maximum absolute atomic E-state index is 12.9. The predicted molar refractivity (Wildman–Crippen MR) is 116 cm³/mol. The smallest absolute Gasteiger partial charge is 0.341 e. The van der Waals surface area contributed by atoms with E-state index in [1.54, 1.807) is 29.2 Å². The van der Waals surface area contributed by atoms with Crippen molar-refractivity contribution >= 4 is 23.5 Å². The molecule has 2 amide bonds. The zero-order valence-electron chi connectivity index (χ0n) is 18.2. The quantitative estimate of drug-likeness (QED) is 0.522. The highest BCUT2D eigenvalue weighted by molar-refractivity contribution is 5.99. The molecule has 0 bridgehead atoms. The Bertz CT molecular complexity index is 991. The molecule has 0 saturated carbocycles. The summed E-state index contributed by atoms with van der Waals surface area (Å²) in [7, 11) is 4.25. The molecule has 1 aliphatic heterocycles. The number of amides is 2. The lowest BCUT2D eigenvalue weighted by molar-refractivity contribution is -0.121. The Kier molecular flexibility index (Phi) is 7.19. The molecule has 2 aromatic carbocycles. The van der Waals surface area contributed by atoms with Gasteiger partial charge in [0.05, 0.1) is 27.0 Å². The molecule has 2 N–H and O–H groups in total. The zero-order valence-corrected chi connectivity index (χ0v) is 18.2. The first-order valence-corrected chi connectivity index (χ1v) is 10.1. The summed E-state index contributed by atoms with van der Waals surface area (Å²) in [6.45, 7) is 0.815. The summed E-state index contributed by atoms with van der Waals surface area (Å²) in [5.41, 5.74) is 0.563. The number of piperidine rings is 1. The maximum Gasteiger partial charge on any atom is 0.341 e. The fourth-order valence-electron chi connectivity index (χ4n) is 3.61. The van der Waals surface area contributed by atoms with Gasteiger partial charge < -0.3 is 29.5 Å². The van der Waals surface area contributed by atoms with Gasteiger partial charge >= 0.3 is 5.97 Å². The van der Waals surface area contributed by atoms with Gasteiger partial charge in [-0.2, -0.15) is 0 Å². The van der Waals surface area contributed by atoms with E-state index in [2.05, 4.69) is 10.1 Å². The minimum absolute atomic E-state index is 0.0283. The van der Waals surface area contributed by atoms with Crippen LogP contribution < -0.4 is 14.8 Å². The van der Waals surface area contributed by atoms with E-state index in [-0.39, 0.29) is 34.7 Å². The molecule has 0 unspecified atom stereocenters. The lowest BCUT2D eigenvalue weighted by atomic mass is 9.95.